The first-order valence-corrected chi connectivity index (χ1v) is 7.35. The Hall–Kier alpha value is -0.930. The van der Waals surface area contributed by atoms with E-state index in [1.165, 1.54) is 50.0 Å². The summed E-state index contributed by atoms with van der Waals surface area (Å²) < 4.78 is 0. The van der Waals surface area contributed by atoms with E-state index < -0.39 is 0 Å². The lowest BCUT2D eigenvalue weighted by Crippen LogP contribution is -2.35. The molecular weight excluding hydrogens is 240 g/mol. The maximum Gasteiger partial charge on any atom is 0.106 e. The van der Waals surface area contributed by atoms with Crippen molar-refractivity contribution >= 4 is 17.2 Å². The number of likely N-dealkylation sites (tertiary alicyclic amines) is 1. The molecule has 2 aliphatic heterocycles. The van der Waals surface area contributed by atoms with Crippen molar-refractivity contribution < 1.29 is 0 Å². The van der Waals surface area contributed by atoms with E-state index in [1.807, 2.05) is 0 Å². The Kier molecular flexibility index (Phi) is 3.62. The van der Waals surface area contributed by atoms with Gasteiger partial charge in [0.1, 0.15) is 4.99 Å². The Morgan fingerprint density at radius 3 is 2.83 bits per heavy atom. The van der Waals surface area contributed by atoms with E-state index in [0.29, 0.717) is 5.92 Å². The summed E-state index contributed by atoms with van der Waals surface area (Å²) in [5, 5.41) is 3.38. The highest BCUT2D eigenvalue weighted by atomic mass is 32.1. The summed E-state index contributed by atoms with van der Waals surface area (Å²) in [5.74, 6) is 0.619. The monoisotopic (exact) mass is 260 g/mol. The van der Waals surface area contributed by atoms with Crippen molar-refractivity contribution in [3.8, 4) is 0 Å². The molecule has 0 spiro atoms. The predicted octanol–water partition coefficient (Wildman–Crippen LogP) is 2.53. The standard InChI is InChI=1S/C15H20N2S/c18-15-14-6-2-1-5-13(14)12(11-16-15)7-10-17-8-3-4-9-17/h1-2,5-6,12H,3-4,7-11H2,(H,16,18). The van der Waals surface area contributed by atoms with Gasteiger partial charge in [-0.1, -0.05) is 36.5 Å². The van der Waals surface area contributed by atoms with Crippen molar-refractivity contribution in [3.05, 3.63) is 35.4 Å². The summed E-state index contributed by atoms with van der Waals surface area (Å²) in [6, 6.07) is 8.61. The number of hydrogen-bond acceptors (Lipinski definition) is 2. The highest BCUT2D eigenvalue weighted by Gasteiger charge is 2.23. The van der Waals surface area contributed by atoms with Crippen LogP contribution in [0.5, 0.6) is 0 Å². The molecule has 0 aromatic heterocycles. The number of fused-ring (bicyclic) bond motifs is 1. The molecule has 0 amide bonds. The molecule has 0 radical (unpaired) electrons. The normalized spacial score (nSPS) is 23.8. The van der Waals surface area contributed by atoms with Crippen LogP contribution in [-0.2, 0) is 0 Å². The second-order valence-corrected chi connectivity index (χ2v) is 5.74. The predicted molar refractivity (Wildman–Crippen MR) is 79.2 cm³/mol. The van der Waals surface area contributed by atoms with E-state index in [-0.39, 0.29) is 0 Å². The van der Waals surface area contributed by atoms with Crippen molar-refractivity contribution in [2.24, 2.45) is 0 Å². The fourth-order valence-electron chi connectivity index (χ4n) is 3.08. The highest BCUT2D eigenvalue weighted by molar-refractivity contribution is 7.80. The Balaban J connectivity index is 1.69. The molecule has 0 bridgehead atoms. The molecule has 2 heterocycles. The van der Waals surface area contributed by atoms with Crippen LogP contribution in [0.1, 0.15) is 36.3 Å². The van der Waals surface area contributed by atoms with Gasteiger partial charge in [-0.15, -0.1) is 0 Å². The molecule has 1 N–H and O–H groups in total. The molecule has 1 aromatic carbocycles. The second kappa shape index (κ2) is 5.37. The summed E-state index contributed by atoms with van der Waals surface area (Å²) in [6.07, 6.45) is 4.00. The van der Waals surface area contributed by atoms with E-state index >= 15 is 0 Å². The fraction of sp³-hybridized carbons (Fsp3) is 0.533. The van der Waals surface area contributed by atoms with Crippen LogP contribution in [0.3, 0.4) is 0 Å². The average molecular weight is 260 g/mol. The van der Waals surface area contributed by atoms with Crippen LogP contribution < -0.4 is 5.32 Å². The van der Waals surface area contributed by atoms with E-state index in [1.54, 1.807) is 0 Å². The van der Waals surface area contributed by atoms with Crippen LogP contribution in [0.15, 0.2) is 24.3 Å². The molecule has 3 rings (SSSR count). The van der Waals surface area contributed by atoms with E-state index in [4.69, 9.17) is 12.2 Å². The van der Waals surface area contributed by atoms with Crippen molar-refractivity contribution in [2.75, 3.05) is 26.2 Å². The van der Waals surface area contributed by atoms with Crippen molar-refractivity contribution in [1.82, 2.24) is 10.2 Å². The number of thiocarbonyl (C=S) groups is 1. The molecule has 1 unspecified atom stereocenters. The largest absolute Gasteiger partial charge is 0.375 e. The number of nitrogens with zero attached hydrogens (tertiary/aromatic N) is 1. The quantitative estimate of drug-likeness (QED) is 0.841. The van der Waals surface area contributed by atoms with Gasteiger partial charge in [0, 0.05) is 18.0 Å². The lowest BCUT2D eigenvalue weighted by molar-refractivity contribution is 0.320. The van der Waals surface area contributed by atoms with Gasteiger partial charge in [-0.05, 0) is 44.5 Å². The number of nitrogens with one attached hydrogen (secondary N) is 1. The second-order valence-electron chi connectivity index (χ2n) is 5.33. The van der Waals surface area contributed by atoms with Gasteiger partial charge in [0.15, 0.2) is 0 Å². The molecule has 96 valence electrons. The molecule has 1 saturated heterocycles. The Morgan fingerprint density at radius 2 is 2.00 bits per heavy atom. The van der Waals surface area contributed by atoms with Crippen molar-refractivity contribution in [1.29, 1.82) is 0 Å². The summed E-state index contributed by atoms with van der Waals surface area (Å²) in [7, 11) is 0. The maximum absolute atomic E-state index is 5.38. The highest BCUT2D eigenvalue weighted by Crippen LogP contribution is 2.27. The van der Waals surface area contributed by atoms with Crippen LogP contribution in [0, 0.1) is 0 Å². The van der Waals surface area contributed by atoms with Gasteiger partial charge in [0.2, 0.25) is 0 Å². The Bertz CT molecular complexity index is 438. The van der Waals surface area contributed by atoms with Gasteiger partial charge in [-0.3, -0.25) is 0 Å². The van der Waals surface area contributed by atoms with Gasteiger partial charge < -0.3 is 10.2 Å². The molecule has 1 fully saturated rings. The third kappa shape index (κ3) is 2.43. The Labute approximate surface area is 114 Å². The molecule has 1 atom stereocenters. The van der Waals surface area contributed by atoms with Crippen LogP contribution in [0.25, 0.3) is 0 Å². The average Bonchev–Trinajstić information content (AvgIpc) is 2.92. The van der Waals surface area contributed by atoms with E-state index in [0.717, 1.165) is 11.5 Å². The summed E-state index contributed by atoms with van der Waals surface area (Å²) in [4.78, 5) is 3.51. The van der Waals surface area contributed by atoms with Gasteiger partial charge >= 0.3 is 0 Å². The third-order valence-electron chi connectivity index (χ3n) is 4.15. The van der Waals surface area contributed by atoms with Crippen LogP contribution in [-0.4, -0.2) is 36.1 Å². The zero-order chi connectivity index (χ0) is 12.4. The van der Waals surface area contributed by atoms with Crippen molar-refractivity contribution in [2.45, 2.75) is 25.2 Å². The minimum atomic E-state index is 0.619. The first-order valence-electron chi connectivity index (χ1n) is 6.94. The first-order chi connectivity index (χ1) is 8.84. The molecule has 2 aliphatic rings. The van der Waals surface area contributed by atoms with Gasteiger partial charge in [0.05, 0.1) is 0 Å². The maximum atomic E-state index is 5.38. The Morgan fingerprint density at radius 1 is 1.22 bits per heavy atom. The minimum absolute atomic E-state index is 0.619. The first kappa shape index (κ1) is 12.1. The topological polar surface area (TPSA) is 15.3 Å². The fourth-order valence-corrected chi connectivity index (χ4v) is 3.35. The van der Waals surface area contributed by atoms with E-state index in [9.17, 15) is 0 Å². The van der Waals surface area contributed by atoms with Crippen LogP contribution >= 0.6 is 12.2 Å². The van der Waals surface area contributed by atoms with E-state index in [2.05, 4.69) is 34.5 Å². The molecule has 0 aliphatic carbocycles. The lowest BCUT2D eigenvalue weighted by Gasteiger charge is -2.28. The number of benzene rings is 1. The molecule has 18 heavy (non-hydrogen) atoms. The van der Waals surface area contributed by atoms with Gasteiger partial charge in [0.25, 0.3) is 0 Å². The lowest BCUT2D eigenvalue weighted by atomic mass is 9.88. The van der Waals surface area contributed by atoms with Gasteiger partial charge in [-0.2, -0.15) is 0 Å². The molecule has 3 heteroatoms. The summed E-state index contributed by atoms with van der Waals surface area (Å²) in [5.41, 5.74) is 2.69. The zero-order valence-corrected chi connectivity index (χ0v) is 11.5. The molecule has 1 aromatic rings. The van der Waals surface area contributed by atoms with Crippen molar-refractivity contribution in [3.63, 3.8) is 0 Å². The number of rotatable bonds is 3. The summed E-state index contributed by atoms with van der Waals surface area (Å²) in [6.45, 7) is 4.82. The third-order valence-corrected chi connectivity index (χ3v) is 4.51. The molecular formula is C15H20N2S. The summed E-state index contributed by atoms with van der Waals surface area (Å²) >= 11 is 5.38. The SMILES string of the molecule is S=C1NCC(CCN2CCCC2)c2ccccc21. The smallest absolute Gasteiger partial charge is 0.106 e. The molecule has 2 nitrogen and oxygen atoms in total. The molecule has 0 saturated carbocycles. The zero-order valence-electron chi connectivity index (χ0n) is 10.7. The van der Waals surface area contributed by atoms with Crippen LogP contribution in [0.4, 0.5) is 0 Å². The number of hydrogen-bond donors (Lipinski definition) is 1. The minimum Gasteiger partial charge on any atom is -0.375 e. The van der Waals surface area contributed by atoms with Gasteiger partial charge in [-0.25, -0.2) is 0 Å². The van der Waals surface area contributed by atoms with Crippen LogP contribution in [0.2, 0.25) is 0 Å².